The fourth-order valence-electron chi connectivity index (χ4n) is 3.02. The Labute approximate surface area is 158 Å². The largest absolute Gasteiger partial charge is 0.481 e. The number of benzene rings is 2. The SMILES string of the molecule is CC(C)(C)c1ccc(CN2C(=O)C(CC(=O)O)Sc3ccccc32)cc1. The zero-order valence-electron chi connectivity index (χ0n) is 15.2. The van der Waals surface area contributed by atoms with Gasteiger partial charge in [-0.15, -0.1) is 11.8 Å². The summed E-state index contributed by atoms with van der Waals surface area (Å²) in [5.74, 6) is -1.10. The van der Waals surface area contributed by atoms with Crippen LogP contribution in [0, 0.1) is 0 Å². The van der Waals surface area contributed by atoms with E-state index in [0.717, 1.165) is 16.1 Å². The highest BCUT2D eigenvalue weighted by atomic mass is 32.2. The first kappa shape index (κ1) is 18.5. The van der Waals surface area contributed by atoms with E-state index >= 15 is 0 Å². The van der Waals surface area contributed by atoms with E-state index in [1.54, 1.807) is 4.90 Å². The van der Waals surface area contributed by atoms with Crippen LogP contribution in [-0.2, 0) is 21.5 Å². The van der Waals surface area contributed by atoms with Crippen LogP contribution in [0.15, 0.2) is 53.4 Å². The number of carbonyl (C=O) groups excluding carboxylic acids is 1. The van der Waals surface area contributed by atoms with Gasteiger partial charge in [0.2, 0.25) is 5.91 Å². The van der Waals surface area contributed by atoms with Crippen molar-refractivity contribution in [3.63, 3.8) is 0 Å². The predicted octanol–water partition coefficient (Wildman–Crippen LogP) is 4.47. The van der Waals surface area contributed by atoms with E-state index in [9.17, 15) is 9.59 Å². The van der Waals surface area contributed by atoms with E-state index in [4.69, 9.17) is 5.11 Å². The lowest BCUT2D eigenvalue weighted by atomic mass is 9.87. The maximum atomic E-state index is 12.9. The first-order chi connectivity index (χ1) is 12.3. The van der Waals surface area contributed by atoms with Crippen molar-refractivity contribution in [2.45, 2.75) is 49.3 Å². The van der Waals surface area contributed by atoms with Gasteiger partial charge in [0.05, 0.1) is 23.9 Å². The van der Waals surface area contributed by atoms with Crippen LogP contribution in [0.1, 0.15) is 38.3 Å². The van der Waals surface area contributed by atoms with E-state index in [1.807, 2.05) is 36.4 Å². The molecule has 0 aromatic heterocycles. The van der Waals surface area contributed by atoms with Crippen molar-refractivity contribution >= 4 is 29.3 Å². The Bertz CT molecular complexity index is 824. The van der Waals surface area contributed by atoms with Gasteiger partial charge in [-0.2, -0.15) is 0 Å². The molecule has 4 nitrogen and oxygen atoms in total. The Balaban J connectivity index is 1.89. The molecule has 0 spiro atoms. The van der Waals surface area contributed by atoms with E-state index in [2.05, 4.69) is 32.9 Å². The summed E-state index contributed by atoms with van der Waals surface area (Å²) >= 11 is 1.34. The molecule has 0 radical (unpaired) electrons. The average molecular weight is 369 g/mol. The van der Waals surface area contributed by atoms with E-state index < -0.39 is 11.2 Å². The fraction of sp³-hybridized carbons (Fsp3) is 0.333. The van der Waals surface area contributed by atoms with Crippen molar-refractivity contribution in [2.24, 2.45) is 0 Å². The number of anilines is 1. The van der Waals surface area contributed by atoms with Crippen LogP contribution in [0.25, 0.3) is 0 Å². The first-order valence-corrected chi connectivity index (χ1v) is 9.52. The van der Waals surface area contributed by atoms with Crippen LogP contribution in [0.4, 0.5) is 5.69 Å². The molecule has 0 saturated carbocycles. The molecule has 1 N–H and O–H groups in total. The summed E-state index contributed by atoms with van der Waals surface area (Å²) in [6.45, 7) is 6.94. The lowest BCUT2D eigenvalue weighted by molar-refractivity contribution is -0.138. The Hall–Kier alpha value is -2.27. The van der Waals surface area contributed by atoms with Gasteiger partial charge in [0.25, 0.3) is 0 Å². The zero-order valence-corrected chi connectivity index (χ0v) is 16.0. The molecular weight excluding hydrogens is 346 g/mol. The number of hydrogen-bond donors (Lipinski definition) is 1. The second-order valence-electron chi connectivity index (χ2n) is 7.54. The molecule has 2 aromatic rings. The van der Waals surface area contributed by atoms with Crippen LogP contribution < -0.4 is 4.90 Å². The molecule has 1 aliphatic rings. The number of rotatable bonds is 4. The molecule has 136 valence electrons. The molecule has 0 fully saturated rings. The summed E-state index contributed by atoms with van der Waals surface area (Å²) in [7, 11) is 0. The van der Waals surface area contributed by atoms with E-state index in [-0.39, 0.29) is 17.7 Å². The maximum absolute atomic E-state index is 12.9. The monoisotopic (exact) mass is 369 g/mol. The van der Waals surface area contributed by atoms with Crippen molar-refractivity contribution in [3.05, 3.63) is 59.7 Å². The van der Waals surface area contributed by atoms with Crippen LogP contribution in [0.2, 0.25) is 0 Å². The topological polar surface area (TPSA) is 57.6 Å². The molecule has 1 atom stereocenters. The Morgan fingerprint density at radius 3 is 2.38 bits per heavy atom. The Morgan fingerprint density at radius 2 is 1.77 bits per heavy atom. The smallest absolute Gasteiger partial charge is 0.305 e. The van der Waals surface area contributed by atoms with Gasteiger partial charge in [0.1, 0.15) is 0 Å². The molecule has 1 aliphatic heterocycles. The number of thioether (sulfide) groups is 1. The highest BCUT2D eigenvalue weighted by Crippen LogP contribution is 2.40. The molecule has 2 aromatic carbocycles. The molecule has 0 saturated heterocycles. The van der Waals surface area contributed by atoms with E-state index in [1.165, 1.54) is 17.3 Å². The quantitative estimate of drug-likeness (QED) is 0.864. The third kappa shape index (κ3) is 3.93. The van der Waals surface area contributed by atoms with Crippen molar-refractivity contribution < 1.29 is 14.7 Å². The summed E-state index contributed by atoms with van der Waals surface area (Å²) in [4.78, 5) is 26.7. The highest BCUT2D eigenvalue weighted by molar-refractivity contribution is 8.01. The summed E-state index contributed by atoms with van der Waals surface area (Å²) in [6.07, 6.45) is -0.169. The number of carboxylic acids is 1. The van der Waals surface area contributed by atoms with Crippen molar-refractivity contribution in [1.82, 2.24) is 0 Å². The summed E-state index contributed by atoms with van der Waals surface area (Å²) in [5.41, 5.74) is 3.20. The zero-order chi connectivity index (χ0) is 18.9. The van der Waals surface area contributed by atoms with Gasteiger partial charge < -0.3 is 10.0 Å². The number of fused-ring (bicyclic) bond motifs is 1. The van der Waals surface area contributed by atoms with Gasteiger partial charge in [0, 0.05) is 4.90 Å². The van der Waals surface area contributed by atoms with Gasteiger partial charge in [-0.3, -0.25) is 9.59 Å². The molecule has 1 amide bonds. The minimum Gasteiger partial charge on any atom is -0.481 e. The van der Waals surface area contributed by atoms with Crippen LogP contribution in [0.5, 0.6) is 0 Å². The summed E-state index contributed by atoms with van der Waals surface area (Å²) in [5, 5.41) is 8.54. The maximum Gasteiger partial charge on any atom is 0.305 e. The average Bonchev–Trinajstić information content (AvgIpc) is 2.58. The number of carboxylic acid groups (broad SMARTS) is 1. The molecule has 0 bridgehead atoms. The predicted molar refractivity (Wildman–Crippen MR) is 105 cm³/mol. The Morgan fingerprint density at radius 1 is 1.12 bits per heavy atom. The Kier molecular flexibility index (Phi) is 5.10. The second-order valence-corrected chi connectivity index (χ2v) is 8.79. The summed E-state index contributed by atoms with van der Waals surface area (Å²) < 4.78 is 0. The molecule has 0 aliphatic carbocycles. The van der Waals surface area contributed by atoms with Crippen LogP contribution >= 0.6 is 11.8 Å². The summed E-state index contributed by atoms with van der Waals surface area (Å²) in [6, 6.07) is 16.0. The minimum absolute atomic E-state index is 0.0787. The van der Waals surface area contributed by atoms with Crippen molar-refractivity contribution in [1.29, 1.82) is 0 Å². The molecule has 3 rings (SSSR count). The molecule has 1 unspecified atom stereocenters. The number of nitrogens with zero attached hydrogens (tertiary/aromatic N) is 1. The molecule has 5 heteroatoms. The number of para-hydroxylation sites is 1. The van der Waals surface area contributed by atoms with E-state index in [0.29, 0.717) is 6.54 Å². The second kappa shape index (κ2) is 7.16. The van der Waals surface area contributed by atoms with Gasteiger partial charge in [-0.05, 0) is 28.7 Å². The van der Waals surface area contributed by atoms with Crippen molar-refractivity contribution in [2.75, 3.05) is 4.90 Å². The van der Waals surface area contributed by atoms with Gasteiger partial charge in [-0.25, -0.2) is 0 Å². The highest BCUT2D eigenvalue weighted by Gasteiger charge is 2.34. The minimum atomic E-state index is -0.954. The standard InChI is InChI=1S/C21H23NO3S/c1-21(2,3)15-10-8-14(9-11-15)13-22-16-6-4-5-7-17(16)26-18(20(22)25)12-19(23)24/h4-11,18H,12-13H2,1-3H3,(H,23,24). The lowest BCUT2D eigenvalue weighted by Crippen LogP contribution is -2.41. The number of aliphatic carboxylic acids is 1. The third-order valence-corrected chi connectivity index (χ3v) is 5.74. The molecule has 26 heavy (non-hydrogen) atoms. The number of carbonyl (C=O) groups is 2. The van der Waals surface area contributed by atoms with Crippen LogP contribution in [0.3, 0.4) is 0 Å². The van der Waals surface area contributed by atoms with Crippen molar-refractivity contribution in [3.8, 4) is 0 Å². The molecule has 1 heterocycles. The number of hydrogen-bond acceptors (Lipinski definition) is 3. The van der Waals surface area contributed by atoms with Gasteiger partial charge in [-0.1, -0.05) is 57.2 Å². The lowest BCUT2D eigenvalue weighted by Gasteiger charge is -2.33. The van der Waals surface area contributed by atoms with Gasteiger partial charge in [0.15, 0.2) is 0 Å². The third-order valence-electron chi connectivity index (χ3n) is 4.49. The number of amides is 1. The fourth-order valence-corrected chi connectivity index (χ4v) is 4.24. The van der Waals surface area contributed by atoms with Gasteiger partial charge >= 0.3 is 5.97 Å². The molecular formula is C21H23NO3S. The first-order valence-electron chi connectivity index (χ1n) is 8.64. The normalized spacial score (nSPS) is 17.1. The van der Waals surface area contributed by atoms with Crippen LogP contribution in [-0.4, -0.2) is 22.2 Å².